The Morgan fingerprint density at radius 3 is 2.37 bits per heavy atom. The largest absolute Gasteiger partial charge is 0.497 e. The molecule has 148 valence electrons. The van der Waals surface area contributed by atoms with E-state index in [9.17, 15) is 9.59 Å². The van der Waals surface area contributed by atoms with E-state index in [2.05, 4.69) is 10.6 Å². The molecule has 27 heavy (non-hydrogen) atoms. The summed E-state index contributed by atoms with van der Waals surface area (Å²) >= 11 is 1.61. The highest BCUT2D eigenvalue weighted by Gasteiger charge is 2.17. The lowest BCUT2D eigenvalue weighted by Gasteiger charge is -2.15. The zero-order valence-corrected chi connectivity index (χ0v) is 17.3. The lowest BCUT2D eigenvalue weighted by atomic mass is 10.1. The highest BCUT2D eigenvalue weighted by molar-refractivity contribution is 7.15. The molecular weight excluding hydrogens is 386 g/mol. The molecule has 2 rings (SSSR count). The number of hydrogen-bond acceptors (Lipinski definition) is 5. The van der Waals surface area contributed by atoms with Gasteiger partial charge in [0.1, 0.15) is 5.75 Å². The van der Waals surface area contributed by atoms with Gasteiger partial charge in [-0.2, -0.15) is 0 Å². The zero-order chi connectivity index (χ0) is 19.1. The first kappa shape index (κ1) is 23.0. The van der Waals surface area contributed by atoms with Gasteiger partial charge in [0, 0.05) is 9.75 Å². The molecule has 0 aliphatic heterocycles. The van der Waals surface area contributed by atoms with Gasteiger partial charge >= 0.3 is 0 Å². The lowest BCUT2D eigenvalue weighted by Crippen LogP contribution is -2.47. The van der Waals surface area contributed by atoms with Gasteiger partial charge in [-0.3, -0.25) is 9.59 Å². The number of carbonyl (C=O) groups is 2. The standard InChI is InChI=1S/C19H25N3O3S.ClH/c1-12(2)18(20)19(24)22-11-17(23)21-10-15-8-9-16(26-15)13-4-6-14(25-3)7-5-13;/h4-9,12,18H,10-11,20H2,1-3H3,(H,21,23)(H,22,24);1H/t18-;/m0./s1. The monoisotopic (exact) mass is 411 g/mol. The van der Waals surface area contributed by atoms with E-state index in [0.717, 1.165) is 21.1 Å². The molecule has 0 saturated carbocycles. The van der Waals surface area contributed by atoms with Gasteiger partial charge < -0.3 is 21.1 Å². The first-order valence-electron chi connectivity index (χ1n) is 8.44. The summed E-state index contributed by atoms with van der Waals surface area (Å²) in [6.45, 7) is 4.07. The predicted molar refractivity (Wildman–Crippen MR) is 111 cm³/mol. The van der Waals surface area contributed by atoms with E-state index in [0.29, 0.717) is 6.54 Å². The summed E-state index contributed by atoms with van der Waals surface area (Å²) in [7, 11) is 1.64. The molecule has 6 nitrogen and oxygen atoms in total. The van der Waals surface area contributed by atoms with Gasteiger partial charge in [-0.05, 0) is 47.9 Å². The van der Waals surface area contributed by atoms with E-state index < -0.39 is 6.04 Å². The summed E-state index contributed by atoms with van der Waals surface area (Å²) in [4.78, 5) is 25.8. The Bertz CT molecular complexity index is 747. The van der Waals surface area contributed by atoms with Crippen molar-refractivity contribution in [3.8, 4) is 16.2 Å². The van der Waals surface area contributed by atoms with Gasteiger partial charge in [-0.25, -0.2) is 0 Å². The van der Waals surface area contributed by atoms with Crippen LogP contribution in [-0.4, -0.2) is 31.5 Å². The molecule has 0 saturated heterocycles. The third-order valence-corrected chi connectivity index (χ3v) is 5.07. The molecule has 1 heterocycles. The summed E-state index contributed by atoms with van der Waals surface area (Å²) in [5.41, 5.74) is 6.84. The summed E-state index contributed by atoms with van der Waals surface area (Å²) < 4.78 is 5.16. The molecule has 2 amide bonds. The van der Waals surface area contributed by atoms with Crippen LogP contribution in [0.4, 0.5) is 0 Å². The van der Waals surface area contributed by atoms with Crippen LogP contribution in [0.1, 0.15) is 18.7 Å². The van der Waals surface area contributed by atoms with Crippen LogP contribution in [0.5, 0.6) is 5.75 Å². The fourth-order valence-corrected chi connectivity index (χ4v) is 3.17. The quantitative estimate of drug-likeness (QED) is 0.622. The van der Waals surface area contributed by atoms with Crippen LogP contribution in [0.15, 0.2) is 36.4 Å². The van der Waals surface area contributed by atoms with E-state index in [1.807, 2.05) is 50.2 Å². The SMILES string of the molecule is COc1ccc(-c2ccc(CNC(=O)CNC(=O)[C@@H](N)C(C)C)s2)cc1.Cl. The number of nitrogens with two attached hydrogens (primary N) is 1. The van der Waals surface area contributed by atoms with Crippen LogP contribution in [0.25, 0.3) is 10.4 Å². The average Bonchev–Trinajstić information content (AvgIpc) is 3.12. The van der Waals surface area contributed by atoms with Gasteiger partial charge in [-0.15, -0.1) is 23.7 Å². The second-order valence-corrected chi connectivity index (χ2v) is 7.43. The molecule has 2 aromatic rings. The molecule has 0 spiro atoms. The van der Waals surface area contributed by atoms with E-state index in [1.165, 1.54) is 0 Å². The number of ether oxygens (including phenoxy) is 1. The van der Waals surface area contributed by atoms with Crippen LogP contribution in [0.3, 0.4) is 0 Å². The molecule has 1 aromatic carbocycles. The van der Waals surface area contributed by atoms with Crippen LogP contribution in [-0.2, 0) is 16.1 Å². The van der Waals surface area contributed by atoms with Crippen molar-refractivity contribution in [2.24, 2.45) is 11.7 Å². The van der Waals surface area contributed by atoms with Crippen molar-refractivity contribution >= 4 is 35.6 Å². The zero-order valence-electron chi connectivity index (χ0n) is 15.7. The Morgan fingerprint density at radius 2 is 1.78 bits per heavy atom. The summed E-state index contributed by atoms with van der Waals surface area (Å²) in [5, 5.41) is 5.36. The number of carbonyl (C=O) groups excluding carboxylic acids is 2. The molecule has 0 radical (unpaired) electrons. The molecular formula is C19H26ClN3O3S. The summed E-state index contributed by atoms with van der Waals surface area (Å²) in [6, 6.07) is 11.2. The fraction of sp³-hybridized carbons (Fsp3) is 0.368. The molecule has 1 aromatic heterocycles. The number of rotatable bonds is 8. The van der Waals surface area contributed by atoms with Crippen molar-refractivity contribution in [3.63, 3.8) is 0 Å². The lowest BCUT2D eigenvalue weighted by molar-refractivity contribution is -0.127. The van der Waals surface area contributed by atoms with Crippen LogP contribution < -0.4 is 21.1 Å². The number of benzene rings is 1. The van der Waals surface area contributed by atoms with Gasteiger partial charge in [0.2, 0.25) is 11.8 Å². The Kier molecular flexibility index (Phi) is 9.28. The fourth-order valence-electron chi connectivity index (χ4n) is 2.22. The third kappa shape index (κ3) is 6.86. The normalized spacial score (nSPS) is 11.4. The smallest absolute Gasteiger partial charge is 0.239 e. The molecule has 4 N–H and O–H groups in total. The van der Waals surface area contributed by atoms with Crippen molar-refractivity contribution in [2.45, 2.75) is 26.4 Å². The highest BCUT2D eigenvalue weighted by atomic mass is 35.5. The van der Waals surface area contributed by atoms with Crippen molar-refractivity contribution < 1.29 is 14.3 Å². The number of methoxy groups -OCH3 is 1. The molecule has 0 bridgehead atoms. The Morgan fingerprint density at radius 1 is 1.11 bits per heavy atom. The minimum atomic E-state index is -0.604. The van der Waals surface area contributed by atoms with E-state index in [-0.39, 0.29) is 36.7 Å². The Balaban J connectivity index is 0.00000364. The van der Waals surface area contributed by atoms with Gasteiger partial charge in [0.15, 0.2) is 0 Å². The first-order valence-corrected chi connectivity index (χ1v) is 9.25. The van der Waals surface area contributed by atoms with Crippen LogP contribution >= 0.6 is 23.7 Å². The van der Waals surface area contributed by atoms with Crippen molar-refractivity contribution in [3.05, 3.63) is 41.3 Å². The summed E-state index contributed by atoms with van der Waals surface area (Å²) in [6.07, 6.45) is 0. The number of halogens is 1. The molecule has 8 heteroatoms. The van der Waals surface area contributed by atoms with E-state index in [1.54, 1.807) is 18.4 Å². The van der Waals surface area contributed by atoms with E-state index >= 15 is 0 Å². The molecule has 0 aliphatic carbocycles. The average molecular weight is 412 g/mol. The third-order valence-electron chi connectivity index (χ3n) is 3.94. The highest BCUT2D eigenvalue weighted by Crippen LogP contribution is 2.29. The van der Waals surface area contributed by atoms with Gasteiger partial charge in [-0.1, -0.05) is 13.8 Å². The van der Waals surface area contributed by atoms with Crippen molar-refractivity contribution in [1.29, 1.82) is 0 Å². The Hall–Kier alpha value is -2.09. The van der Waals surface area contributed by atoms with Crippen molar-refractivity contribution in [1.82, 2.24) is 10.6 Å². The molecule has 0 fully saturated rings. The maximum Gasteiger partial charge on any atom is 0.239 e. The number of hydrogen-bond donors (Lipinski definition) is 3. The topological polar surface area (TPSA) is 93.5 Å². The second-order valence-electron chi connectivity index (χ2n) is 6.26. The van der Waals surface area contributed by atoms with Gasteiger partial charge in [0.05, 0.1) is 26.2 Å². The predicted octanol–water partition coefficient (Wildman–Crippen LogP) is 2.56. The van der Waals surface area contributed by atoms with Gasteiger partial charge in [0.25, 0.3) is 0 Å². The van der Waals surface area contributed by atoms with Crippen LogP contribution in [0.2, 0.25) is 0 Å². The number of nitrogens with one attached hydrogen (secondary N) is 2. The molecule has 0 unspecified atom stereocenters. The second kappa shape index (κ2) is 10.9. The minimum absolute atomic E-state index is 0. The Labute approximate surface area is 169 Å². The number of amides is 2. The minimum Gasteiger partial charge on any atom is -0.497 e. The van der Waals surface area contributed by atoms with E-state index in [4.69, 9.17) is 10.5 Å². The maximum atomic E-state index is 11.9. The van der Waals surface area contributed by atoms with Crippen LogP contribution in [0, 0.1) is 5.92 Å². The molecule has 0 aliphatic rings. The first-order chi connectivity index (χ1) is 12.4. The maximum absolute atomic E-state index is 11.9. The summed E-state index contributed by atoms with van der Waals surface area (Å²) in [5.74, 6) is 0.291. The molecule has 1 atom stereocenters. The number of thiophene rings is 1. The van der Waals surface area contributed by atoms with Crippen molar-refractivity contribution in [2.75, 3.05) is 13.7 Å².